The van der Waals surface area contributed by atoms with Crippen molar-refractivity contribution in [1.82, 2.24) is 14.1 Å². The van der Waals surface area contributed by atoms with Crippen LogP contribution in [0.25, 0.3) is 83.1 Å². The Bertz CT molecular complexity index is 3490. The number of benzene rings is 7. The van der Waals surface area contributed by atoms with Crippen LogP contribution in [-0.4, -0.2) is 14.1 Å². The predicted molar refractivity (Wildman–Crippen MR) is 236 cm³/mol. The summed E-state index contributed by atoms with van der Waals surface area (Å²) < 4.78 is 37.2. The van der Waals surface area contributed by atoms with Gasteiger partial charge in [-0.3, -0.25) is 4.57 Å². The van der Waals surface area contributed by atoms with Crippen molar-refractivity contribution < 1.29 is 37.5 Å². The van der Waals surface area contributed by atoms with E-state index in [1.807, 2.05) is 115 Å². The van der Waals surface area contributed by atoms with Crippen molar-refractivity contribution in [2.45, 2.75) is 27.1 Å². The van der Waals surface area contributed by atoms with Crippen LogP contribution >= 0.6 is 0 Å². The quantitative estimate of drug-likeness (QED) is 0.118. The van der Waals surface area contributed by atoms with Crippen molar-refractivity contribution >= 4 is 54.8 Å². The van der Waals surface area contributed by atoms with E-state index in [1.54, 1.807) is 12.3 Å². The first kappa shape index (κ1) is 35.2. The van der Waals surface area contributed by atoms with E-state index in [4.69, 9.17) is 16.9 Å². The van der Waals surface area contributed by atoms with Gasteiger partial charge in [0.1, 0.15) is 17.0 Å². The molecule has 294 valence electrons. The van der Waals surface area contributed by atoms with E-state index in [0.717, 1.165) is 77.3 Å². The zero-order valence-electron chi connectivity index (χ0n) is 35.0. The van der Waals surface area contributed by atoms with Crippen LogP contribution < -0.4 is 9.30 Å². The predicted octanol–water partition coefficient (Wildman–Crippen LogP) is 12.7. The summed E-state index contributed by atoms with van der Waals surface area (Å²) in [6.07, 6.45) is 3.81. The first-order valence-electron chi connectivity index (χ1n) is 20.7. The fourth-order valence-electron chi connectivity index (χ4n) is 8.25. The van der Waals surface area contributed by atoms with Crippen molar-refractivity contribution in [2.75, 3.05) is 0 Å². The zero-order valence-corrected chi connectivity index (χ0v) is 35.3. The molecule has 0 saturated carbocycles. The van der Waals surface area contributed by atoms with Crippen LogP contribution in [0, 0.1) is 23.9 Å². The minimum absolute atomic E-state index is 0. The van der Waals surface area contributed by atoms with E-state index >= 15 is 0 Å². The SMILES string of the molecule is [2H]C([2H])(c1ccnc(-n2c3[c-]c(Oc4[c-]c(-n5[c-][n+](-c6c(-c7ccccc7)ccc7oc8ccccc8c67)c6ccccc65)ccc4)ccc3c3ccccc32)c1)C(C)(C)C.[Pt]. The van der Waals surface area contributed by atoms with Gasteiger partial charge in [0.15, 0.2) is 0 Å². The normalized spacial score (nSPS) is 12.6. The molecule has 0 spiro atoms. The number of furan rings is 1. The summed E-state index contributed by atoms with van der Waals surface area (Å²) in [4.78, 5) is 4.75. The number of imidazole rings is 1. The second-order valence-electron chi connectivity index (χ2n) is 15.8. The summed E-state index contributed by atoms with van der Waals surface area (Å²) in [5, 5.41) is 4.07. The first-order chi connectivity index (χ1) is 29.6. The molecule has 11 aromatic rings. The van der Waals surface area contributed by atoms with E-state index in [0.29, 0.717) is 22.9 Å². The van der Waals surface area contributed by atoms with Crippen molar-refractivity contribution in [1.29, 1.82) is 0 Å². The standard InChI is InChI=1S/C53H38N4O2.Pt/c1-53(2,3)33-35-28-29-54-50(30-35)57-44-20-9-7-18-41(44)42-25-24-39(32-47(42)57)58-38-17-13-16-37(31-38)55-34-56(46-22-11-10-21-45(46)55)52-40(36-14-5-4-6-15-36)26-27-49-51(52)43-19-8-12-23-48(43)59-49;/h4-30H,33H2,1-3H3;/q-2;/i33D2;. The molecule has 4 aromatic heterocycles. The topological polar surface area (TPSA) is 49.0 Å². The number of fused-ring (bicyclic) bond motifs is 7. The molecule has 0 amide bonds. The van der Waals surface area contributed by atoms with Gasteiger partial charge in [0.25, 0.3) is 6.33 Å². The van der Waals surface area contributed by atoms with Gasteiger partial charge in [-0.15, -0.1) is 29.7 Å². The van der Waals surface area contributed by atoms with Crippen molar-refractivity contribution in [3.63, 3.8) is 0 Å². The third-order valence-corrected chi connectivity index (χ3v) is 10.7. The second kappa shape index (κ2) is 14.8. The second-order valence-corrected chi connectivity index (χ2v) is 15.8. The molecule has 4 heterocycles. The summed E-state index contributed by atoms with van der Waals surface area (Å²) in [6.45, 7) is 5.74. The van der Waals surface area contributed by atoms with E-state index in [2.05, 4.69) is 89.8 Å². The third kappa shape index (κ3) is 6.49. The van der Waals surface area contributed by atoms with Gasteiger partial charge in [-0.25, -0.2) is 4.98 Å². The van der Waals surface area contributed by atoms with Crippen molar-refractivity contribution in [3.8, 4) is 39.8 Å². The molecule has 0 aliphatic heterocycles. The molecule has 0 aliphatic carbocycles. The van der Waals surface area contributed by atoms with Gasteiger partial charge in [-0.05, 0) is 69.9 Å². The van der Waals surface area contributed by atoms with Crippen LogP contribution in [0.3, 0.4) is 0 Å². The maximum absolute atomic E-state index is 8.98. The molecule has 0 saturated heterocycles. The monoisotopic (exact) mass is 959 g/mol. The Kier molecular flexibility index (Phi) is 8.69. The minimum atomic E-state index is -1.59. The Labute approximate surface area is 365 Å². The van der Waals surface area contributed by atoms with Crippen LogP contribution in [0.2, 0.25) is 0 Å². The molecule has 6 nitrogen and oxygen atoms in total. The summed E-state index contributed by atoms with van der Waals surface area (Å²) in [6, 6.07) is 59.7. The molecule has 0 aliphatic rings. The van der Waals surface area contributed by atoms with Gasteiger partial charge < -0.3 is 18.3 Å². The number of aromatic nitrogens is 4. The van der Waals surface area contributed by atoms with Crippen LogP contribution in [-0.2, 0) is 27.4 Å². The molecule has 60 heavy (non-hydrogen) atoms. The molecule has 0 unspecified atom stereocenters. The number of hydrogen-bond acceptors (Lipinski definition) is 3. The Balaban J connectivity index is 0.00000458. The Morgan fingerprint density at radius 3 is 2.30 bits per heavy atom. The third-order valence-electron chi connectivity index (χ3n) is 10.7. The van der Waals surface area contributed by atoms with Crippen LogP contribution in [0.1, 0.15) is 29.1 Å². The fraction of sp³-hybridized carbons (Fsp3) is 0.0943. The van der Waals surface area contributed by atoms with Crippen LogP contribution in [0.5, 0.6) is 11.5 Å². The summed E-state index contributed by atoms with van der Waals surface area (Å²) in [5.74, 6) is 1.63. The number of hydrogen-bond donors (Lipinski definition) is 0. The van der Waals surface area contributed by atoms with E-state index in [1.165, 1.54) is 0 Å². The number of rotatable bonds is 7. The maximum Gasteiger partial charge on any atom is 0.268 e. The number of nitrogens with zero attached hydrogens (tertiary/aromatic N) is 4. The van der Waals surface area contributed by atoms with Gasteiger partial charge >= 0.3 is 0 Å². The van der Waals surface area contributed by atoms with E-state index in [9.17, 15) is 0 Å². The molecule has 0 fully saturated rings. The molecule has 7 heteroatoms. The number of ether oxygens (including phenoxy) is 1. The van der Waals surface area contributed by atoms with E-state index in [-0.39, 0.29) is 21.1 Å². The minimum Gasteiger partial charge on any atom is -0.510 e. The summed E-state index contributed by atoms with van der Waals surface area (Å²) in [5.41, 5.74) is 9.09. The molecule has 0 N–H and O–H groups in total. The Hall–Kier alpha value is -6.75. The Morgan fingerprint density at radius 2 is 1.45 bits per heavy atom. The average Bonchev–Trinajstić information content (AvgIpc) is 3.96. The molecule has 0 bridgehead atoms. The van der Waals surface area contributed by atoms with Gasteiger partial charge in [0, 0.05) is 57.8 Å². The zero-order chi connectivity index (χ0) is 41.5. The fourth-order valence-corrected chi connectivity index (χ4v) is 8.25. The van der Waals surface area contributed by atoms with E-state index < -0.39 is 11.8 Å². The molecular weight excluding hydrogens is 920 g/mol. The molecule has 7 aromatic carbocycles. The molecule has 0 atom stereocenters. The van der Waals surface area contributed by atoms with Gasteiger partial charge in [-0.1, -0.05) is 123 Å². The molecule has 0 radical (unpaired) electrons. The van der Waals surface area contributed by atoms with Gasteiger partial charge in [0.2, 0.25) is 0 Å². The largest absolute Gasteiger partial charge is 0.510 e. The smallest absolute Gasteiger partial charge is 0.268 e. The maximum atomic E-state index is 8.98. The average molecular weight is 960 g/mol. The van der Waals surface area contributed by atoms with Gasteiger partial charge in [-0.2, -0.15) is 18.2 Å². The molecule has 11 rings (SSSR count). The van der Waals surface area contributed by atoms with Crippen molar-refractivity contribution in [2.24, 2.45) is 5.41 Å². The van der Waals surface area contributed by atoms with Crippen molar-refractivity contribution in [3.05, 3.63) is 188 Å². The van der Waals surface area contributed by atoms with Crippen LogP contribution in [0.4, 0.5) is 0 Å². The molecular formula is C53H38N4O2Pt-2. The Morgan fingerprint density at radius 1 is 0.700 bits per heavy atom. The first-order valence-corrected chi connectivity index (χ1v) is 19.7. The number of pyridine rings is 1. The summed E-state index contributed by atoms with van der Waals surface area (Å²) in [7, 11) is 0. The van der Waals surface area contributed by atoms with Gasteiger partial charge in [0.05, 0.1) is 16.7 Å². The summed E-state index contributed by atoms with van der Waals surface area (Å²) >= 11 is 0. The van der Waals surface area contributed by atoms with Crippen LogP contribution in [0.15, 0.2) is 168 Å². The number of para-hydroxylation sites is 4.